The summed E-state index contributed by atoms with van der Waals surface area (Å²) in [6, 6.07) is 18.4. The van der Waals surface area contributed by atoms with Crippen LogP contribution in [0.1, 0.15) is 5.69 Å². The van der Waals surface area contributed by atoms with Crippen LogP contribution in [0.4, 0.5) is 0 Å². The molecule has 0 aliphatic rings. The number of aryl methyl sites for hydroxylation is 1. The van der Waals surface area contributed by atoms with Gasteiger partial charge >= 0.3 is 0 Å². The van der Waals surface area contributed by atoms with Crippen molar-refractivity contribution < 1.29 is 20.1 Å². The quantitative estimate of drug-likeness (QED) is 0.324. The van der Waals surface area contributed by atoms with Crippen LogP contribution in [0.2, 0.25) is 0 Å². The predicted octanol–water partition coefficient (Wildman–Crippen LogP) is 5.69. The Morgan fingerprint density at radius 1 is 0.850 bits per heavy atom. The molecule has 20 heavy (non-hydrogen) atoms. The number of pyridine rings is 1. The Bertz CT molecular complexity index is 288. The van der Waals surface area contributed by atoms with E-state index >= 15 is 0 Å². The van der Waals surface area contributed by atoms with E-state index in [0.29, 0.717) is 0 Å². The Hall–Kier alpha value is -0.501. The van der Waals surface area contributed by atoms with Gasteiger partial charge in [0.2, 0.25) is 0 Å². The van der Waals surface area contributed by atoms with Gasteiger partial charge in [-0.2, -0.15) is 36.4 Å². The number of benzene rings is 1. The number of rotatable bonds is 0. The monoisotopic (exact) mass is 517 g/mol. The Morgan fingerprint density at radius 3 is 1.50 bits per heavy atom. The zero-order valence-electron chi connectivity index (χ0n) is 13.4. The standard InChI is InChI=1S/C6H7N.C6H5.CH3Br.4CH3.Ir/c1-6-4-2-3-5-7-6;1-2-4-6-5-3-1;1-2;;;;;/h2-5H,1H3;1-5H;1H3;4*1H3;/q;-1;;4*-1;. The van der Waals surface area contributed by atoms with Gasteiger partial charge in [0.25, 0.3) is 0 Å². The van der Waals surface area contributed by atoms with Crippen LogP contribution in [-0.4, -0.2) is 10.8 Å². The summed E-state index contributed by atoms with van der Waals surface area (Å²) in [5.74, 6) is 1.81. The van der Waals surface area contributed by atoms with Crippen molar-refractivity contribution in [3.05, 3.63) is 96.2 Å². The van der Waals surface area contributed by atoms with Gasteiger partial charge in [0.05, 0.1) is 0 Å². The van der Waals surface area contributed by atoms with Crippen molar-refractivity contribution in [2.75, 3.05) is 5.83 Å². The first-order chi connectivity index (χ1) is 7.39. The van der Waals surface area contributed by atoms with Crippen LogP contribution in [-0.2, 0) is 20.1 Å². The SMILES string of the molecule is CBr.Cc1ccccn1.[CH3-].[CH3-].[CH3-].[CH3-].[Ir].[c-]1ccccc1. The zero-order chi connectivity index (χ0) is 11.4. The minimum Gasteiger partial charge on any atom is -0.358 e. The summed E-state index contributed by atoms with van der Waals surface area (Å²) < 4.78 is 0. The zero-order valence-corrected chi connectivity index (χ0v) is 17.3. The third-order valence-corrected chi connectivity index (χ3v) is 1.42. The summed E-state index contributed by atoms with van der Waals surface area (Å²) in [5.41, 5.74) is 1.07. The van der Waals surface area contributed by atoms with Crippen LogP contribution in [0.15, 0.2) is 54.7 Å². The first-order valence-corrected chi connectivity index (χ1v) is 6.15. The van der Waals surface area contributed by atoms with Crippen LogP contribution >= 0.6 is 15.9 Å². The van der Waals surface area contributed by atoms with E-state index in [1.807, 2.05) is 61.3 Å². The molecule has 0 atom stereocenters. The second-order valence-corrected chi connectivity index (χ2v) is 2.55. The van der Waals surface area contributed by atoms with E-state index in [9.17, 15) is 0 Å². The fourth-order valence-corrected chi connectivity index (χ4v) is 0.790. The van der Waals surface area contributed by atoms with Crippen molar-refractivity contribution in [1.29, 1.82) is 0 Å². The van der Waals surface area contributed by atoms with Gasteiger partial charge in [-0.25, -0.2) is 0 Å². The van der Waals surface area contributed by atoms with Crippen molar-refractivity contribution in [2.24, 2.45) is 0 Å². The van der Waals surface area contributed by atoms with E-state index in [1.165, 1.54) is 0 Å². The summed E-state index contributed by atoms with van der Waals surface area (Å²) in [6.45, 7) is 1.97. The Balaban J connectivity index is -0.0000000358. The molecule has 2 rings (SSSR count). The van der Waals surface area contributed by atoms with E-state index in [-0.39, 0.29) is 49.8 Å². The number of alkyl halides is 1. The van der Waals surface area contributed by atoms with Gasteiger partial charge in [-0.05, 0) is 24.9 Å². The molecular formula is C17H27BrIrN-5. The average Bonchev–Trinajstić information content (AvgIpc) is 2.36. The molecule has 0 aliphatic carbocycles. The smallest absolute Gasteiger partial charge is 0.0372 e. The third kappa shape index (κ3) is 26.1. The second kappa shape index (κ2) is 31.1. The summed E-state index contributed by atoms with van der Waals surface area (Å²) in [6.07, 6.45) is 1.79. The first-order valence-electron chi connectivity index (χ1n) is 4.56. The molecule has 1 heterocycles. The van der Waals surface area contributed by atoms with Gasteiger partial charge in [-0.15, -0.1) is 0 Å². The van der Waals surface area contributed by atoms with Gasteiger partial charge < -0.3 is 29.7 Å². The van der Waals surface area contributed by atoms with E-state index in [0.717, 1.165) is 5.69 Å². The summed E-state index contributed by atoms with van der Waals surface area (Å²) in [5, 5.41) is 0. The van der Waals surface area contributed by atoms with E-state index in [4.69, 9.17) is 0 Å². The average molecular weight is 518 g/mol. The molecule has 0 saturated carbocycles. The molecule has 0 unspecified atom stereocenters. The molecule has 1 aromatic heterocycles. The van der Waals surface area contributed by atoms with Crippen molar-refractivity contribution in [3.63, 3.8) is 0 Å². The van der Waals surface area contributed by atoms with Crippen LogP contribution in [0.5, 0.6) is 0 Å². The van der Waals surface area contributed by atoms with Gasteiger partial charge in [-0.1, -0.05) is 22.0 Å². The van der Waals surface area contributed by atoms with E-state index in [1.54, 1.807) is 6.20 Å². The predicted molar refractivity (Wildman–Crippen MR) is 94.8 cm³/mol. The number of hydrogen-bond donors (Lipinski definition) is 0. The van der Waals surface area contributed by atoms with Crippen LogP contribution in [0.25, 0.3) is 0 Å². The molecule has 2 aromatic rings. The maximum absolute atomic E-state index is 3.98. The van der Waals surface area contributed by atoms with Crippen molar-refractivity contribution in [3.8, 4) is 0 Å². The number of aromatic nitrogens is 1. The Labute approximate surface area is 149 Å². The maximum atomic E-state index is 3.98. The Morgan fingerprint density at radius 2 is 1.35 bits per heavy atom. The molecule has 0 spiro atoms. The minimum absolute atomic E-state index is 0. The van der Waals surface area contributed by atoms with E-state index < -0.39 is 0 Å². The minimum atomic E-state index is 0. The molecule has 0 amide bonds. The second-order valence-electron chi connectivity index (χ2n) is 2.55. The van der Waals surface area contributed by atoms with Crippen LogP contribution < -0.4 is 0 Å². The van der Waals surface area contributed by atoms with Crippen LogP contribution in [0.3, 0.4) is 0 Å². The fourth-order valence-electron chi connectivity index (χ4n) is 0.790. The molecule has 1 aromatic carbocycles. The molecule has 121 valence electrons. The first kappa shape index (κ1) is 36.6. The number of nitrogens with zero attached hydrogens (tertiary/aromatic N) is 1. The molecule has 0 bridgehead atoms. The number of hydrogen-bond acceptors (Lipinski definition) is 1. The molecule has 0 fully saturated rings. The van der Waals surface area contributed by atoms with Gasteiger partial charge in [-0.3, -0.25) is 4.98 Å². The van der Waals surface area contributed by atoms with Crippen molar-refractivity contribution in [1.82, 2.24) is 4.98 Å². The van der Waals surface area contributed by atoms with Gasteiger partial charge in [0.1, 0.15) is 0 Å². The number of halogens is 1. The molecular weight excluding hydrogens is 490 g/mol. The molecule has 0 aliphatic heterocycles. The summed E-state index contributed by atoms with van der Waals surface area (Å²) in [7, 11) is 0. The van der Waals surface area contributed by atoms with Gasteiger partial charge in [0, 0.05) is 32.0 Å². The van der Waals surface area contributed by atoms with Crippen molar-refractivity contribution >= 4 is 15.9 Å². The summed E-state index contributed by atoms with van der Waals surface area (Å²) in [4.78, 5) is 3.98. The molecule has 1 nitrogen and oxygen atoms in total. The summed E-state index contributed by atoms with van der Waals surface area (Å²) >= 11 is 2.94. The third-order valence-electron chi connectivity index (χ3n) is 1.42. The van der Waals surface area contributed by atoms with Crippen molar-refractivity contribution in [2.45, 2.75) is 6.92 Å². The maximum Gasteiger partial charge on any atom is 0.0372 e. The molecule has 0 saturated heterocycles. The normalized spacial score (nSPS) is 5.75. The fraction of sp³-hybridized carbons (Fsp3) is 0.118. The molecule has 3 heteroatoms. The van der Waals surface area contributed by atoms with Gasteiger partial charge in [0.15, 0.2) is 0 Å². The van der Waals surface area contributed by atoms with E-state index in [2.05, 4.69) is 27.0 Å². The Kier molecular flexibility index (Phi) is 56.9. The van der Waals surface area contributed by atoms with Crippen LogP contribution in [0, 0.1) is 42.7 Å². The molecule has 0 N–H and O–H groups in total. The largest absolute Gasteiger partial charge is 0.358 e. The topological polar surface area (TPSA) is 12.9 Å². The molecule has 1 radical (unpaired) electrons.